The summed E-state index contributed by atoms with van der Waals surface area (Å²) >= 11 is 0. The van der Waals surface area contributed by atoms with Gasteiger partial charge in [0, 0.05) is 6.20 Å². The summed E-state index contributed by atoms with van der Waals surface area (Å²) in [6.07, 6.45) is 1.95. The SMILES string of the molecule is O=C(Cc1nc2ccccc2[nH]1)NCc1ccccn1. The van der Waals surface area contributed by atoms with Crippen molar-refractivity contribution in [3.8, 4) is 0 Å². The number of fused-ring (bicyclic) bond motifs is 1. The summed E-state index contributed by atoms with van der Waals surface area (Å²) in [6.45, 7) is 0.430. The Bertz CT molecular complexity index is 688. The molecule has 3 aromatic rings. The van der Waals surface area contributed by atoms with Crippen molar-refractivity contribution in [1.29, 1.82) is 0 Å². The molecule has 0 radical (unpaired) electrons. The Morgan fingerprint density at radius 2 is 2.00 bits per heavy atom. The smallest absolute Gasteiger partial charge is 0.227 e. The standard InChI is InChI=1S/C15H14N4O/c20-15(17-10-11-5-3-4-8-16-11)9-14-18-12-6-1-2-7-13(12)19-14/h1-8H,9-10H2,(H,17,20)(H,18,19). The van der Waals surface area contributed by atoms with Crippen LogP contribution in [0.2, 0.25) is 0 Å². The number of rotatable bonds is 4. The number of aromatic amines is 1. The topological polar surface area (TPSA) is 70.7 Å². The third-order valence-corrected chi connectivity index (χ3v) is 2.96. The van der Waals surface area contributed by atoms with E-state index in [1.54, 1.807) is 6.20 Å². The Balaban J connectivity index is 1.61. The van der Waals surface area contributed by atoms with Crippen LogP contribution in [-0.4, -0.2) is 20.9 Å². The molecule has 1 amide bonds. The number of carbonyl (C=O) groups excluding carboxylic acids is 1. The maximum Gasteiger partial charge on any atom is 0.227 e. The van der Waals surface area contributed by atoms with E-state index < -0.39 is 0 Å². The molecule has 100 valence electrons. The Hall–Kier alpha value is -2.69. The molecule has 0 spiro atoms. The second kappa shape index (κ2) is 5.52. The number of pyridine rings is 1. The van der Waals surface area contributed by atoms with E-state index >= 15 is 0 Å². The first-order chi connectivity index (χ1) is 9.81. The Morgan fingerprint density at radius 3 is 2.80 bits per heavy atom. The first-order valence-electron chi connectivity index (χ1n) is 6.41. The molecule has 0 atom stereocenters. The molecule has 2 heterocycles. The number of aromatic nitrogens is 3. The molecular weight excluding hydrogens is 252 g/mol. The minimum absolute atomic E-state index is 0.0743. The van der Waals surface area contributed by atoms with Crippen molar-refractivity contribution in [1.82, 2.24) is 20.3 Å². The van der Waals surface area contributed by atoms with Gasteiger partial charge in [-0.3, -0.25) is 9.78 Å². The molecule has 0 aliphatic rings. The van der Waals surface area contributed by atoms with Gasteiger partial charge in [-0.05, 0) is 24.3 Å². The summed E-state index contributed by atoms with van der Waals surface area (Å²) in [4.78, 5) is 23.5. The van der Waals surface area contributed by atoms with E-state index in [0.717, 1.165) is 16.7 Å². The minimum atomic E-state index is -0.0743. The minimum Gasteiger partial charge on any atom is -0.350 e. The summed E-state index contributed by atoms with van der Waals surface area (Å²) < 4.78 is 0. The molecule has 0 aliphatic heterocycles. The number of amides is 1. The molecule has 0 saturated heterocycles. The van der Waals surface area contributed by atoms with Crippen LogP contribution in [0.4, 0.5) is 0 Å². The highest BCUT2D eigenvalue weighted by Crippen LogP contribution is 2.10. The fourth-order valence-corrected chi connectivity index (χ4v) is 2.00. The number of para-hydroxylation sites is 2. The lowest BCUT2D eigenvalue weighted by Gasteiger charge is -2.02. The number of hydrogen-bond donors (Lipinski definition) is 2. The Morgan fingerprint density at radius 1 is 1.15 bits per heavy atom. The number of nitrogens with one attached hydrogen (secondary N) is 2. The summed E-state index contributed by atoms with van der Waals surface area (Å²) in [5.41, 5.74) is 2.66. The van der Waals surface area contributed by atoms with E-state index in [9.17, 15) is 4.79 Å². The third kappa shape index (κ3) is 2.83. The van der Waals surface area contributed by atoms with Crippen molar-refractivity contribution in [2.45, 2.75) is 13.0 Å². The van der Waals surface area contributed by atoms with Crippen LogP contribution in [0.15, 0.2) is 48.7 Å². The fourth-order valence-electron chi connectivity index (χ4n) is 2.00. The molecule has 2 aromatic heterocycles. The van der Waals surface area contributed by atoms with Crippen molar-refractivity contribution < 1.29 is 4.79 Å². The molecule has 0 fully saturated rings. The first kappa shape index (κ1) is 12.3. The number of H-pyrrole nitrogens is 1. The van der Waals surface area contributed by atoms with Gasteiger partial charge in [-0.1, -0.05) is 18.2 Å². The molecular formula is C15H14N4O. The summed E-state index contributed by atoms with van der Waals surface area (Å²) in [6, 6.07) is 13.3. The van der Waals surface area contributed by atoms with Crippen molar-refractivity contribution in [3.63, 3.8) is 0 Å². The van der Waals surface area contributed by atoms with Gasteiger partial charge in [0.2, 0.25) is 5.91 Å². The molecule has 2 N–H and O–H groups in total. The van der Waals surface area contributed by atoms with Crippen LogP contribution in [-0.2, 0) is 17.8 Å². The molecule has 0 bridgehead atoms. The van der Waals surface area contributed by atoms with Crippen LogP contribution < -0.4 is 5.32 Å². The van der Waals surface area contributed by atoms with Crippen molar-refractivity contribution in [2.24, 2.45) is 0 Å². The largest absolute Gasteiger partial charge is 0.350 e. The normalized spacial score (nSPS) is 10.6. The van der Waals surface area contributed by atoms with Gasteiger partial charge in [0.25, 0.3) is 0 Å². The average Bonchev–Trinajstić information content (AvgIpc) is 2.88. The van der Waals surface area contributed by atoms with E-state index in [4.69, 9.17) is 0 Å². The monoisotopic (exact) mass is 266 g/mol. The van der Waals surface area contributed by atoms with Crippen LogP contribution >= 0.6 is 0 Å². The quantitative estimate of drug-likeness (QED) is 0.756. The highest BCUT2D eigenvalue weighted by atomic mass is 16.1. The van der Waals surface area contributed by atoms with E-state index in [0.29, 0.717) is 12.4 Å². The lowest BCUT2D eigenvalue weighted by molar-refractivity contribution is -0.120. The van der Waals surface area contributed by atoms with Crippen LogP contribution in [0.5, 0.6) is 0 Å². The lowest BCUT2D eigenvalue weighted by Crippen LogP contribution is -2.25. The fraction of sp³-hybridized carbons (Fsp3) is 0.133. The maximum atomic E-state index is 11.9. The van der Waals surface area contributed by atoms with Crippen LogP contribution in [0.1, 0.15) is 11.5 Å². The zero-order valence-electron chi connectivity index (χ0n) is 10.8. The second-order valence-corrected chi connectivity index (χ2v) is 4.48. The predicted octanol–water partition coefficient (Wildman–Crippen LogP) is 1.82. The Labute approximate surface area is 116 Å². The first-order valence-corrected chi connectivity index (χ1v) is 6.41. The number of nitrogens with zero attached hydrogens (tertiary/aromatic N) is 2. The van der Waals surface area contributed by atoms with E-state index in [1.807, 2.05) is 42.5 Å². The lowest BCUT2D eigenvalue weighted by atomic mass is 10.3. The van der Waals surface area contributed by atoms with Gasteiger partial charge in [0.05, 0.1) is 29.7 Å². The van der Waals surface area contributed by atoms with Gasteiger partial charge in [-0.25, -0.2) is 4.98 Å². The molecule has 0 unspecified atom stereocenters. The summed E-state index contributed by atoms with van der Waals surface area (Å²) in [7, 11) is 0. The van der Waals surface area contributed by atoms with Crippen LogP contribution in [0, 0.1) is 0 Å². The summed E-state index contributed by atoms with van der Waals surface area (Å²) in [5.74, 6) is 0.597. The number of benzene rings is 1. The highest BCUT2D eigenvalue weighted by molar-refractivity contribution is 5.80. The van der Waals surface area contributed by atoms with Crippen LogP contribution in [0.3, 0.4) is 0 Å². The molecule has 0 saturated carbocycles. The van der Waals surface area contributed by atoms with Gasteiger partial charge in [0.1, 0.15) is 5.82 Å². The number of carbonyl (C=O) groups is 1. The average molecular weight is 266 g/mol. The van der Waals surface area contributed by atoms with Gasteiger partial charge in [0.15, 0.2) is 0 Å². The molecule has 1 aromatic carbocycles. The van der Waals surface area contributed by atoms with E-state index in [1.165, 1.54) is 0 Å². The third-order valence-electron chi connectivity index (χ3n) is 2.96. The van der Waals surface area contributed by atoms with Crippen molar-refractivity contribution in [2.75, 3.05) is 0 Å². The van der Waals surface area contributed by atoms with E-state index in [2.05, 4.69) is 20.3 Å². The highest BCUT2D eigenvalue weighted by Gasteiger charge is 2.07. The molecule has 3 rings (SSSR count). The molecule has 5 heteroatoms. The van der Waals surface area contributed by atoms with Crippen molar-refractivity contribution >= 4 is 16.9 Å². The maximum absolute atomic E-state index is 11.9. The van der Waals surface area contributed by atoms with E-state index in [-0.39, 0.29) is 12.3 Å². The predicted molar refractivity (Wildman–Crippen MR) is 75.9 cm³/mol. The molecule has 20 heavy (non-hydrogen) atoms. The molecule has 0 aliphatic carbocycles. The zero-order valence-corrected chi connectivity index (χ0v) is 10.8. The second-order valence-electron chi connectivity index (χ2n) is 4.48. The number of imidazole rings is 1. The molecule has 5 nitrogen and oxygen atoms in total. The van der Waals surface area contributed by atoms with Gasteiger partial charge < -0.3 is 10.3 Å². The van der Waals surface area contributed by atoms with Crippen LogP contribution in [0.25, 0.3) is 11.0 Å². The van der Waals surface area contributed by atoms with Gasteiger partial charge in [-0.2, -0.15) is 0 Å². The zero-order chi connectivity index (χ0) is 13.8. The number of hydrogen-bond acceptors (Lipinski definition) is 3. The summed E-state index contributed by atoms with van der Waals surface area (Å²) in [5, 5.41) is 2.83. The van der Waals surface area contributed by atoms with Crippen molar-refractivity contribution in [3.05, 3.63) is 60.2 Å². The van der Waals surface area contributed by atoms with Gasteiger partial charge >= 0.3 is 0 Å². The Kier molecular flexibility index (Phi) is 3.41. The van der Waals surface area contributed by atoms with Gasteiger partial charge in [-0.15, -0.1) is 0 Å².